The van der Waals surface area contributed by atoms with Crippen LogP contribution in [0.5, 0.6) is 0 Å². The normalized spacial score (nSPS) is 11.0. The first-order valence-electron chi connectivity index (χ1n) is 6.02. The molecule has 19 heavy (non-hydrogen) atoms. The highest BCUT2D eigenvalue weighted by Crippen LogP contribution is 2.21. The number of nitrogens with zero attached hydrogens (tertiary/aromatic N) is 1. The molecule has 0 aliphatic rings. The van der Waals surface area contributed by atoms with Crippen molar-refractivity contribution < 1.29 is 4.74 Å². The fourth-order valence-electron chi connectivity index (χ4n) is 2.38. The van der Waals surface area contributed by atoms with Crippen molar-refractivity contribution in [3.63, 3.8) is 0 Å². The molecule has 1 N–H and O–H groups in total. The van der Waals surface area contributed by atoms with Crippen molar-refractivity contribution in [2.75, 3.05) is 7.11 Å². The molecule has 0 aliphatic carbocycles. The number of ether oxygens (including phenoxy) is 1. The van der Waals surface area contributed by atoms with Crippen molar-refractivity contribution in [2.24, 2.45) is 0 Å². The third kappa shape index (κ3) is 2.53. The van der Waals surface area contributed by atoms with Crippen LogP contribution in [0.25, 0.3) is 5.69 Å². The number of hydrogen-bond acceptors (Lipinski definition) is 2. The van der Waals surface area contributed by atoms with Gasteiger partial charge in [0.1, 0.15) is 4.47 Å². The van der Waals surface area contributed by atoms with Gasteiger partial charge in [0, 0.05) is 7.11 Å². The molecule has 1 aromatic heterocycles. The summed E-state index contributed by atoms with van der Waals surface area (Å²) in [7, 11) is 1.60. The van der Waals surface area contributed by atoms with E-state index in [1.165, 1.54) is 5.56 Å². The second-order valence-electron chi connectivity index (χ2n) is 4.73. The van der Waals surface area contributed by atoms with E-state index in [4.69, 9.17) is 4.74 Å². The molecule has 102 valence electrons. The van der Waals surface area contributed by atoms with Gasteiger partial charge in [0.15, 0.2) is 0 Å². The van der Waals surface area contributed by atoms with Crippen molar-refractivity contribution in [1.29, 1.82) is 0 Å². The Morgan fingerprint density at radius 2 is 1.84 bits per heavy atom. The minimum Gasteiger partial charge on any atom is -0.378 e. The summed E-state index contributed by atoms with van der Waals surface area (Å²) in [6.07, 6.45) is 0. The Labute approximate surface area is 120 Å². The van der Waals surface area contributed by atoms with Gasteiger partial charge in [-0.25, -0.2) is 4.68 Å². The Morgan fingerprint density at radius 3 is 2.37 bits per heavy atom. The van der Waals surface area contributed by atoms with Gasteiger partial charge in [-0.1, -0.05) is 17.7 Å². The Bertz CT molecular complexity index is 648. The molecule has 0 atom stereocenters. The van der Waals surface area contributed by atoms with Crippen molar-refractivity contribution in [3.8, 4) is 5.69 Å². The predicted molar refractivity (Wildman–Crippen MR) is 79.0 cm³/mol. The Morgan fingerprint density at radius 1 is 1.26 bits per heavy atom. The molecule has 0 spiro atoms. The Hall–Kier alpha value is -1.33. The van der Waals surface area contributed by atoms with Gasteiger partial charge < -0.3 is 4.74 Å². The van der Waals surface area contributed by atoms with Crippen LogP contribution >= 0.6 is 15.9 Å². The van der Waals surface area contributed by atoms with Crippen LogP contribution in [0.15, 0.2) is 21.4 Å². The summed E-state index contributed by atoms with van der Waals surface area (Å²) >= 11 is 3.32. The lowest BCUT2D eigenvalue weighted by molar-refractivity contribution is 0.180. The molecule has 1 aromatic carbocycles. The molecular formula is C14H17BrN2O2. The molecule has 0 fully saturated rings. The number of H-pyrrole nitrogens is 1. The van der Waals surface area contributed by atoms with Gasteiger partial charge in [-0.15, -0.1) is 0 Å². The minimum absolute atomic E-state index is 0.0953. The zero-order valence-corrected chi connectivity index (χ0v) is 13.1. The summed E-state index contributed by atoms with van der Waals surface area (Å²) in [4.78, 5) is 12.3. The van der Waals surface area contributed by atoms with Gasteiger partial charge in [0.25, 0.3) is 5.56 Å². The third-order valence-corrected chi connectivity index (χ3v) is 3.87. The number of aryl methyl sites for hydroxylation is 3. The molecule has 0 amide bonds. The highest BCUT2D eigenvalue weighted by Gasteiger charge is 2.15. The van der Waals surface area contributed by atoms with Crippen molar-refractivity contribution in [3.05, 3.63) is 49.3 Å². The molecule has 5 heteroatoms. The van der Waals surface area contributed by atoms with E-state index in [1.807, 2.05) is 20.8 Å². The first-order valence-corrected chi connectivity index (χ1v) is 6.81. The zero-order valence-electron chi connectivity index (χ0n) is 11.5. The van der Waals surface area contributed by atoms with Gasteiger partial charge in [0.2, 0.25) is 0 Å². The second kappa shape index (κ2) is 5.35. The van der Waals surface area contributed by atoms with E-state index >= 15 is 0 Å². The van der Waals surface area contributed by atoms with Crippen LogP contribution < -0.4 is 5.56 Å². The second-order valence-corrected chi connectivity index (χ2v) is 5.52. The summed E-state index contributed by atoms with van der Waals surface area (Å²) in [5.41, 5.74) is 4.87. The lowest BCUT2D eigenvalue weighted by Gasteiger charge is -2.11. The van der Waals surface area contributed by atoms with Crippen molar-refractivity contribution in [1.82, 2.24) is 9.78 Å². The SMILES string of the molecule is COCc1[nH]n(-c2c(C)cc(C)cc2C)c(=O)c1Br. The Balaban J connectivity index is 2.66. The average molecular weight is 325 g/mol. The van der Waals surface area contributed by atoms with Crippen LogP contribution in [0.4, 0.5) is 0 Å². The smallest absolute Gasteiger partial charge is 0.285 e. The first kappa shape index (κ1) is 14.1. The van der Waals surface area contributed by atoms with Gasteiger partial charge in [-0.05, 0) is 47.8 Å². The Kier molecular flexibility index (Phi) is 3.96. The minimum atomic E-state index is -0.0953. The summed E-state index contributed by atoms with van der Waals surface area (Å²) < 4.78 is 7.17. The largest absolute Gasteiger partial charge is 0.378 e. The first-order chi connectivity index (χ1) is 8.95. The summed E-state index contributed by atoms with van der Waals surface area (Å²) in [6.45, 7) is 6.43. The lowest BCUT2D eigenvalue weighted by Crippen LogP contribution is -2.17. The van der Waals surface area contributed by atoms with Crippen LogP contribution in [-0.2, 0) is 11.3 Å². The standard InChI is InChI=1S/C14H17BrN2O2/c1-8-5-9(2)13(10(3)6-8)17-14(18)12(15)11(16-17)7-19-4/h5-6,16H,7H2,1-4H3. The van der Waals surface area contributed by atoms with Crippen LogP contribution in [0.3, 0.4) is 0 Å². The van der Waals surface area contributed by atoms with Crippen LogP contribution in [0.2, 0.25) is 0 Å². The van der Waals surface area contributed by atoms with Gasteiger partial charge in [-0.2, -0.15) is 0 Å². The fraction of sp³-hybridized carbons (Fsp3) is 0.357. The maximum Gasteiger partial charge on any atom is 0.285 e. The van der Waals surface area contributed by atoms with Gasteiger partial charge in [-0.3, -0.25) is 9.89 Å². The number of aromatic amines is 1. The predicted octanol–water partition coefficient (Wildman–Crippen LogP) is 3.00. The number of hydrogen-bond donors (Lipinski definition) is 1. The van der Waals surface area contributed by atoms with Gasteiger partial charge in [0.05, 0.1) is 18.0 Å². The number of aromatic nitrogens is 2. The maximum absolute atomic E-state index is 12.3. The topological polar surface area (TPSA) is 47.0 Å². The van der Waals surface area contributed by atoms with Crippen molar-refractivity contribution in [2.45, 2.75) is 27.4 Å². The van der Waals surface area contributed by atoms with E-state index in [0.29, 0.717) is 11.1 Å². The number of benzene rings is 1. The lowest BCUT2D eigenvalue weighted by atomic mass is 10.1. The zero-order chi connectivity index (χ0) is 14.2. The molecule has 1 heterocycles. The molecule has 2 aromatic rings. The van der Waals surface area contributed by atoms with E-state index in [2.05, 4.69) is 33.2 Å². The molecular weight excluding hydrogens is 308 g/mol. The molecule has 0 radical (unpaired) electrons. The van der Waals surface area contributed by atoms with E-state index < -0.39 is 0 Å². The van der Waals surface area contributed by atoms with Crippen LogP contribution in [0, 0.1) is 20.8 Å². The molecule has 0 saturated carbocycles. The monoisotopic (exact) mass is 324 g/mol. The molecule has 4 nitrogen and oxygen atoms in total. The molecule has 0 unspecified atom stereocenters. The highest BCUT2D eigenvalue weighted by molar-refractivity contribution is 9.10. The summed E-state index contributed by atoms with van der Waals surface area (Å²) in [5, 5.41) is 3.10. The number of methoxy groups -OCH3 is 1. The third-order valence-electron chi connectivity index (χ3n) is 3.05. The highest BCUT2D eigenvalue weighted by atomic mass is 79.9. The number of rotatable bonds is 3. The summed E-state index contributed by atoms with van der Waals surface area (Å²) in [6, 6.07) is 4.14. The molecule has 0 aliphatic heterocycles. The quantitative estimate of drug-likeness (QED) is 0.943. The average Bonchev–Trinajstić information content (AvgIpc) is 2.57. The molecule has 0 saturated heterocycles. The van der Waals surface area contributed by atoms with E-state index in [0.717, 1.165) is 22.5 Å². The fourth-order valence-corrected chi connectivity index (χ4v) is 2.77. The number of nitrogens with one attached hydrogen (secondary N) is 1. The van der Waals surface area contributed by atoms with Crippen LogP contribution in [0.1, 0.15) is 22.4 Å². The number of halogens is 1. The molecule has 0 bridgehead atoms. The van der Waals surface area contributed by atoms with Crippen LogP contribution in [-0.4, -0.2) is 16.9 Å². The van der Waals surface area contributed by atoms with Crippen molar-refractivity contribution >= 4 is 15.9 Å². The summed E-state index contributed by atoms with van der Waals surface area (Å²) in [5.74, 6) is 0. The van der Waals surface area contributed by atoms with Gasteiger partial charge >= 0.3 is 0 Å². The molecule has 2 rings (SSSR count). The maximum atomic E-state index is 12.3. The van der Waals surface area contributed by atoms with E-state index in [1.54, 1.807) is 11.8 Å². The van der Waals surface area contributed by atoms with E-state index in [-0.39, 0.29) is 5.56 Å². The van der Waals surface area contributed by atoms with E-state index in [9.17, 15) is 4.79 Å².